The Hall–Kier alpha value is -2.63. The van der Waals surface area contributed by atoms with E-state index in [-0.39, 0.29) is 6.61 Å². The van der Waals surface area contributed by atoms with E-state index < -0.39 is 12.1 Å². The highest BCUT2D eigenvalue weighted by Gasteiger charge is 2.07. The van der Waals surface area contributed by atoms with E-state index in [0.717, 1.165) is 24.1 Å². The van der Waals surface area contributed by atoms with Gasteiger partial charge in [-0.2, -0.15) is 0 Å². The molecule has 2 aromatic rings. The van der Waals surface area contributed by atoms with Crippen LogP contribution in [0, 0.1) is 0 Å². The summed E-state index contributed by atoms with van der Waals surface area (Å²) in [6, 6.07) is 17.0. The fourth-order valence-corrected chi connectivity index (χ4v) is 2.62. The molecule has 2 aromatic carbocycles. The molecule has 0 fully saturated rings. The second-order valence-electron chi connectivity index (χ2n) is 5.90. The zero-order valence-electron chi connectivity index (χ0n) is 14.9. The van der Waals surface area contributed by atoms with Gasteiger partial charge in [-0.1, -0.05) is 48.5 Å². The van der Waals surface area contributed by atoms with Gasteiger partial charge in [-0.3, -0.25) is 0 Å². The van der Waals surface area contributed by atoms with Crippen molar-refractivity contribution in [2.24, 2.45) is 0 Å². The van der Waals surface area contributed by atoms with Crippen molar-refractivity contribution in [3.05, 3.63) is 71.8 Å². The summed E-state index contributed by atoms with van der Waals surface area (Å²) in [5.41, 5.74) is 3.15. The van der Waals surface area contributed by atoms with Crippen molar-refractivity contribution in [1.82, 2.24) is 5.32 Å². The second-order valence-corrected chi connectivity index (χ2v) is 5.90. The number of allylic oxidation sites excluding steroid dienone is 1. The Balaban J connectivity index is 1.79. The Morgan fingerprint density at radius 1 is 1.15 bits per heavy atom. The van der Waals surface area contributed by atoms with E-state index in [1.807, 2.05) is 49.4 Å². The highest BCUT2D eigenvalue weighted by molar-refractivity contribution is 5.69. The number of hydrogen-bond donors (Lipinski definition) is 3. The minimum absolute atomic E-state index is 0.344. The standard InChI is InChI=1S/C21H25NO4/c1-2-16(17-8-10-19(11-9-17)26-15-21(24)25)12-13-22-14-20(23)18-6-4-3-5-7-18/h2-11,20,22-23H,12-15H2,1H3,(H,24,25)/b16-2+. The van der Waals surface area contributed by atoms with Gasteiger partial charge in [0.15, 0.2) is 6.61 Å². The van der Waals surface area contributed by atoms with Crippen molar-refractivity contribution in [2.75, 3.05) is 19.7 Å². The van der Waals surface area contributed by atoms with E-state index in [2.05, 4.69) is 11.4 Å². The molecule has 0 aromatic heterocycles. The SMILES string of the molecule is C/C=C(\CCNCC(O)c1ccccc1)c1ccc(OCC(=O)O)cc1. The first-order valence-electron chi connectivity index (χ1n) is 8.64. The van der Waals surface area contributed by atoms with Crippen LogP contribution in [0.15, 0.2) is 60.7 Å². The van der Waals surface area contributed by atoms with Crippen LogP contribution in [0.25, 0.3) is 5.57 Å². The Bertz CT molecular complexity index is 711. The molecule has 0 radical (unpaired) electrons. The molecule has 0 bridgehead atoms. The molecule has 2 rings (SSSR count). The lowest BCUT2D eigenvalue weighted by atomic mass is 10.0. The first-order chi connectivity index (χ1) is 12.6. The maximum Gasteiger partial charge on any atom is 0.341 e. The van der Waals surface area contributed by atoms with E-state index in [9.17, 15) is 9.90 Å². The van der Waals surface area contributed by atoms with Crippen LogP contribution in [0.1, 0.15) is 30.6 Å². The van der Waals surface area contributed by atoms with Crippen molar-refractivity contribution in [2.45, 2.75) is 19.4 Å². The minimum Gasteiger partial charge on any atom is -0.482 e. The molecule has 1 unspecified atom stereocenters. The van der Waals surface area contributed by atoms with Crippen molar-refractivity contribution >= 4 is 11.5 Å². The molecule has 138 valence electrons. The largest absolute Gasteiger partial charge is 0.482 e. The number of aliphatic hydroxyl groups excluding tert-OH is 1. The molecule has 0 saturated carbocycles. The molecule has 0 amide bonds. The molecule has 0 saturated heterocycles. The number of aliphatic hydroxyl groups is 1. The summed E-state index contributed by atoms with van der Waals surface area (Å²) < 4.78 is 5.14. The molecular weight excluding hydrogens is 330 g/mol. The number of carboxylic acid groups (broad SMARTS) is 1. The summed E-state index contributed by atoms with van der Waals surface area (Å²) in [7, 11) is 0. The molecule has 26 heavy (non-hydrogen) atoms. The maximum atomic E-state index is 10.5. The van der Waals surface area contributed by atoms with Gasteiger partial charge in [0, 0.05) is 6.54 Å². The van der Waals surface area contributed by atoms with Crippen LogP contribution in [0.3, 0.4) is 0 Å². The van der Waals surface area contributed by atoms with E-state index in [1.165, 1.54) is 5.57 Å². The van der Waals surface area contributed by atoms with Crippen molar-refractivity contribution in [3.8, 4) is 5.75 Å². The molecule has 1 atom stereocenters. The van der Waals surface area contributed by atoms with Crippen LogP contribution < -0.4 is 10.1 Å². The highest BCUT2D eigenvalue weighted by Crippen LogP contribution is 2.21. The Morgan fingerprint density at radius 2 is 1.85 bits per heavy atom. The molecule has 0 aliphatic heterocycles. The fraction of sp³-hybridized carbons (Fsp3) is 0.286. The highest BCUT2D eigenvalue weighted by atomic mass is 16.5. The number of rotatable bonds is 10. The lowest BCUT2D eigenvalue weighted by Crippen LogP contribution is -2.22. The normalized spacial score (nSPS) is 12.6. The third kappa shape index (κ3) is 6.35. The summed E-state index contributed by atoms with van der Waals surface area (Å²) in [6.45, 7) is 2.90. The zero-order valence-corrected chi connectivity index (χ0v) is 14.9. The zero-order chi connectivity index (χ0) is 18.8. The van der Waals surface area contributed by atoms with Gasteiger partial charge in [-0.15, -0.1) is 0 Å². The summed E-state index contributed by atoms with van der Waals surface area (Å²) in [5.74, 6) is -0.456. The number of ether oxygens (including phenoxy) is 1. The quantitative estimate of drug-likeness (QED) is 0.570. The Labute approximate surface area is 153 Å². The third-order valence-corrected chi connectivity index (χ3v) is 4.03. The number of carboxylic acids is 1. The van der Waals surface area contributed by atoms with Crippen molar-refractivity contribution in [3.63, 3.8) is 0 Å². The molecule has 0 aliphatic rings. The molecule has 5 nitrogen and oxygen atoms in total. The molecule has 0 aliphatic carbocycles. The van der Waals surface area contributed by atoms with Crippen LogP contribution in [0.4, 0.5) is 0 Å². The van der Waals surface area contributed by atoms with Crippen LogP contribution >= 0.6 is 0 Å². The van der Waals surface area contributed by atoms with Crippen molar-refractivity contribution < 1.29 is 19.7 Å². The topological polar surface area (TPSA) is 78.8 Å². The minimum atomic E-state index is -0.994. The predicted octanol–water partition coefficient (Wildman–Crippen LogP) is 3.27. The van der Waals surface area contributed by atoms with Crippen LogP contribution in [-0.4, -0.2) is 35.9 Å². The Kier molecular flexibility index (Phi) is 7.86. The van der Waals surface area contributed by atoms with Gasteiger partial charge in [0.05, 0.1) is 6.10 Å². The van der Waals surface area contributed by atoms with E-state index >= 15 is 0 Å². The average molecular weight is 355 g/mol. The molecule has 3 N–H and O–H groups in total. The van der Waals surface area contributed by atoms with Gasteiger partial charge >= 0.3 is 5.97 Å². The number of nitrogens with one attached hydrogen (secondary N) is 1. The number of aliphatic carboxylic acids is 1. The Morgan fingerprint density at radius 3 is 2.46 bits per heavy atom. The van der Waals surface area contributed by atoms with E-state index in [4.69, 9.17) is 9.84 Å². The van der Waals surface area contributed by atoms with Gasteiger partial charge in [-0.25, -0.2) is 4.79 Å². The fourth-order valence-electron chi connectivity index (χ4n) is 2.62. The van der Waals surface area contributed by atoms with Crippen molar-refractivity contribution in [1.29, 1.82) is 0 Å². The van der Waals surface area contributed by atoms with E-state index in [0.29, 0.717) is 12.3 Å². The second kappa shape index (κ2) is 10.4. The molecular formula is C21H25NO4. The first-order valence-corrected chi connectivity index (χ1v) is 8.64. The number of hydrogen-bond acceptors (Lipinski definition) is 4. The van der Waals surface area contributed by atoms with Crippen LogP contribution in [0.2, 0.25) is 0 Å². The van der Waals surface area contributed by atoms with Gasteiger partial charge in [-0.05, 0) is 48.7 Å². The average Bonchev–Trinajstić information content (AvgIpc) is 2.67. The van der Waals surface area contributed by atoms with Crippen LogP contribution in [-0.2, 0) is 4.79 Å². The van der Waals surface area contributed by atoms with E-state index in [1.54, 1.807) is 12.1 Å². The molecule has 5 heteroatoms. The summed E-state index contributed by atoms with van der Waals surface area (Å²) in [5, 5.41) is 22.1. The van der Waals surface area contributed by atoms with Gasteiger partial charge in [0.2, 0.25) is 0 Å². The molecule has 0 spiro atoms. The molecule has 0 heterocycles. The first kappa shape index (κ1) is 19.7. The third-order valence-electron chi connectivity index (χ3n) is 4.03. The van der Waals surface area contributed by atoms with Gasteiger partial charge in [0.1, 0.15) is 5.75 Å². The summed E-state index contributed by atoms with van der Waals surface area (Å²) in [4.78, 5) is 10.5. The summed E-state index contributed by atoms with van der Waals surface area (Å²) >= 11 is 0. The lowest BCUT2D eigenvalue weighted by molar-refractivity contribution is -0.139. The van der Waals surface area contributed by atoms with Gasteiger partial charge in [0.25, 0.3) is 0 Å². The number of carbonyl (C=O) groups is 1. The summed E-state index contributed by atoms with van der Waals surface area (Å²) in [6.07, 6.45) is 2.37. The van der Waals surface area contributed by atoms with Gasteiger partial charge < -0.3 is 20.3 Å². The van der Waals surface area contributed by atoms with Crippen LogP contribution in [0.5, 0.6) is 5.75 Å². The number of benzene rings is 2. The maximum absolute atomic E-state index is 10.5. The smallest absolute Gasteiger partial charge is 0.341 e. The predicted molar refractivity (Wildman–Crippen MR) is 102 cm³/mol. The monoisotopic (exact) mass is 355 g/mol. The lowest BCUT2D eigenvalue weighted by Gasteiger charge is -2.13.